The summed E-state index contributed by atoms with van der Waals surface area (Å²) in [4.78, 5) is 13.4. The summed E-state index contributed by atoms with van der Waals surface area (Å²) in [7, 11) is 0. The van der Waals surface area contributed by atoms with Gasteiger partial charge in [-0.2, -0.15) is 5.26 Å². The molecule has 1 heterocycles. The second kappa shape index (κ2) is 3.74. The fraction of sp³-hybridized carbons (Fsp3) is 0.333. The van der Waals surface area contributed by atoms with Crippen LogP contribution in [-0.2, 0) is 4.79 Å². The molecule has 1 amide bonds. The number of amides is 1. The molecular weight excluding hydrogens is 188 g/mol. The maximum absolute atomic E-state index is 11.6. The van der Waals surface area contributed by atoms with Crippen LogP contribution in [-0.4, -0.2) is 11.9 Å². The number of anilines is 1. The molecular formula is C12H12N2O. The van der Waals surface area contributed by atoms with Crippen molar-refractivity contribution in [1.82, 2.24) is 0 Å². The Bertz CT molecular complexity index is 433. The van der Waals surface area contributed by atoms with Crippen LogP contribution in [0.2, 0.25) is 0 Å². The Morgan fingerprint density at radius 2 is 2.33 bits per heavy atom. The fourth-order valence-electron chi connectivity index (χ4n) is 1.95. The Hall–Kier alpha value is -1.82. The van der Waals surface area contributed by atoms with Crippen molar-refractivity contribution in [1.29, 1.82) is 5.26 Å². The number of nitrogens with zero attached hydrogens (tertiary/aromatic N) is 2. The van der Waals surface area contributed by atoms with Crippen LogP contribution in [0, 0.1) is 11.3 Å². The molecule has 1 aromatic carbocycles. The molecule has 76 valence electrons. The summed E-state index contributed by atoms with van der Waals surface area (Å²) in [6.45, 7) is 2.03. The summed E-state index contributed by atoms with van der Waals surface area (Å²) in [5, 5.41) is 8.78. The summed E-state index contributed by atoms with van der Waals surface area (Å²) in [5.74, 6) is 0.151. The van der Waals surface area contributed by atoms with E-state index in [0.29, 0.717) is 12.0 Å². The van der Waals surface area contributed by atoms with Gasteiger partial charge >= 0.3 is 0 Å². The number of benzene rings is 1. The molecule has 0 radical (unpaired) electrons. The van der Waals surface area contributed by atoms with E-state index in [1.165, 1.54) is 0 Å². The van der Waals surface area contributed by atoms with Crippen LogP contribution in [0.1, 0.15) is 25.3 Å². The molecule has 1 saturated heterocycles. The maximum Gasteiger partial charge on any atom is 0.227 e. The summed E-state index contributed by atoms with van der Waals surface area (Å²) >= 11 is 0. The molecule has 2 rings (SSSR count). The van der Waals surface area contributed by atoms with E-state index in [0.717, 1.165) is 12.1 Å². The summed E-state index contributed by atoms with van der Waals surface area (Å²) in [6.07, 6.45) is 1.51. The zero-order chi connectivity index (χ0) is 10.8. The van der Waals surface area contributed by atoms with Crippen LogP contribution in [0.25, 0.3) is 0 Å². The topological polar surface area (TPSA) is 44.1 Å². The Kier molecular flexibility index (Phi) is 2.42. The molecule has 1 aliphatic rings. The first-order chi connectivity index (χ1) is 7.22. The minimum atomic E-state index is 0.151. The highest BCUT2D eigenvalue weighted by atomic mass is 16.2. The maximum atomic E-state index is 11.6. The van der Waals surface area contributed by atoms with Gasteiger partial charge in [-0.05, 0) is 31.5 Å². The van der Waals surface area contributed by atoms with E-state index in [2.05, 4.69) is 6.07 Å². The Morgan fingerprint density at radius 3 is 2.93 bits per heavy atom. The van der Waals surface area contributed by atoms with Crippen molar-refractivity contribution in [3.05, 3.63) is 29.8 Å². The van der Waals surface area contributed by atoms with E-state index in [1.54, 1.807) is 17.0 Å². The van der Waals surface area contributed by atoms with Gasteiger partial charge in [0, 0.05) is 18.2 Å². The molecule has 1 aromatic rings. The van der Waals surface area contributed by atoms with Gasteiger partial charge in [0.1, 0.15) is 0 Å². The molecule has 0 saturated carbocycles. The summed E-state index contributed by atoms with van der Waals surface area (Å²) < 4.78 is 0. The van der Waals surface area contributed by atoms with Gasteiger partial charge in [-0.15, -0.1) is 0 Å². The Balaban J connectivity index is 2.37. The van der Waals surface area contributed by atoms with Crippen molar-refractivity contribution in [3.63, 3.8) is 0 Å². The first-order valence-corrected chi connectivity index (χ1v) is 5.04. The fourth-order valence-corrected chi connectivity index (χ4v) is 1.95. The Labute approximate surface area is 88.9 Å². The van der Waals surface area contributed by atoms with Crippen molar-refractivity contribution in [2.45, 2.75) is 25.8 Å². The van der Waals surface area contributed by atoms with Gasteiger partial charge in [-0.1, -0.05) is 6.07 Å². The van der Waals surface area contributed by atoms with Crippen molar-refractivity contribution in [2.75, 3.05) is 4.90 Å². The average molecular weight is 200 g/mol. The monoisotopic (exact) mass is 200 g/mol. The van der Waals surface area contributed by atoms with E-state index in [1.807, 2.05) is 19.1 Å². The molecule has 1 aliphatic heterocycles. The first kappa shape index (κ1) is 9.72. The molecule has 1 fully saturated rings. The second-order valence-corrected chi connectivity index (χ2v) is 3.81. The molecule has 3 nitrogen and oxygen atoms in total. The lowest BCUT2D eigenvalue weighted by Gasteiger charge is -2.21. The van der Waals surface area contributed by atoms with E-state index >= 15 is 0 Å². The average Bonchev–Trinajstić information content (AvgIpc) is 2.59. The highest BCUT2D eigenvalue weighted by Crippen LogP contribution is 2.26. The normalized spacial score (nSPS) is 20.4. The first-order valence-electron chi connectivity index (χ1n) is 5.04. The molecule has 0 N–H and O–H groups in total. The van der Waals surface area contributed by atoms with Crippen LogP contribution in [0.3, 0.4) is 0 Å². The van der Waals surface area contributed by atoms with Gasteiger partial charge < -0.3 is 4.90 Å². The van der Waals surface area contributed by atoms with Crippen LogP contribution < -0.4 is 4.90 Å². The van der Waals surface area contributed by atoms with E-state index < -0.39 is 0 Å². The number of hydrogen-bond donors (Lipinski definition) is 0. The molecule has 15 heavy (non-hydrogen) atoms. The van der Waals surface area contributed by atoms with Crippen molar-refractivity contribution in [3.8, 4) is 6.07 Å². The summed E-state index contributed by atoms with van der Waals surface area (Å²) in [6, 6.07) is 9.52. The highest BCUT2D eigenvalue weighted by Gasteiger charge is 2.28. The summed E-state index contributed by atoms with van der Waals surface area (Å²) in [5.41, 5.74) is 1.43. The number of hydrogen-bond acceptors (Lipinski definition) is 2. The lowest BCUT2D eigenvalue weighted by molar-refractivity contribution is -0.117. The van der Waals surface area contributed by atoms with Gasteiger partial charge in [-0.25, -0.2) is 0 Å². The predicted molar refractivity (Wildman–Crippen MR) is 57.3 cm³/mol. The van der Waals surface area contributed by atoms with E-state index in [-0.39, 0.29) is 11.9 Å². The third-order valence-electron chi connectivity index (χ3n) is 2.74. The van der Waals surface area contributed by atoms with Crippen LogP contribution >= 0.6 is 0 Å². The molecule has 1 atom stereocenters. The second-order valence-electron chi connectivity index (χ2n) is 3.81. The molecule has 0 spiro atoms. The zero-order valence-corrected chi connectivity index (χ0v) is 8.60. The third kappa shape index (κ3) is 1.71. The largest absolute Gasteiger partial charge is 0.310 e. The molecule has 1 unspecified atom stereocenters. The lowest BCUT2D eigenvalue weighted by atomic mass is 10.2. The standard InChI is InChI=1S/C12H12N2O/c1-9-5-6-12(15)14(9)11-4-2-3-10(7-11)8-13/h2-4,7,9H,5-6H2,1H3. The number of carbonyl (C=O) groups is 1. The van der Waals surface area contributed by atoms with Crippen molar-refractivity contribution < 1.29 is 4.79 Å². The number of rotatable bonds is 1. The minimum Gasteiger partial charge on any atom is -0.310 e. The van der Waals surface area contributed by atoms with Crippen LogP contribution in [0.4, 0.5) is 5.69 Å². The SMILES string of the molecule is CC1CCC(=O)N1c1cccc(C#N)c1. The molecule has 0 bridgehead atoms. The third-order valence-corrected chi connectivity index (χ3v) is 2.74. The Morgan fingerprint density at radius 1 is 1.53 bits per heavy atom. The van der Waals surface area contributed by atoms with Crippen molar-refractivity contribution >= 4 is 11.6 Å². The molecule has 0 aromatic heterocycles. The molecule has 3 heteroatoms. The van der Waals surface area contributed by atoms with Gasteiger partial charge in [0.05, 0.1) is 11.6 Å². The van der Waals surface area contributed by atoms with Crippen LogP contribution in [0.15, 0.2) is 24.3 Å². The lowest BCUT2D eigenvalue weighted by Crippen LogP contribution is -2.30. The van der Waals surface area contributed by atoms with Crippen LogP contribution in [0.5, 0.6) is 0 Å². The van der Waals surface area contributed by atoms with Gasteiger partial charge in [0.25, 0.3) is 0 Å². The predicted octanol–water partition coefficient (Wildman–Crippen LogP) is 2.07. The minimum absolute atomic E-state index is 0.151. The quantitative estimate of drug-likeness (QED) is 0.696. The number of carbonyl (C=O) groups excluding carboxylic acids is 1. The molecule has 0 aliphatic carbocycles. The van der Waals surface area contributed by atoms with Gasteiger partial charge in [-0.3, -0.25) is 4.79 Å². The highest BCUT2D eigenvalue weighted by molar-refractivity contribution is 5.96. The zero-order valence-electron chi connectivity index (χ0n) is 8.60. The van der Waals surface area contributed by atoms with E-state index in [9.17, 15) is 4.79 Å². The smallest absolute Gasteiger partial charge is 0.227 e. The van der Waals surface area contributed by atoms with Gasteiger partial charge in [0.2, 0.25) is 5.91 Å². The number of nitriles is 1. The van der Waals surface area contributed by atoms with Crippen molar-refractivity contribution in [2.24, 2.45) is 0 Å². The van der Waals surface area contributed by atoms with Gasteiger partial charge in [0.15, 0.2) is 0 Å². The van der Waals surface area contributed by atoms with E-state index in [4.69, 9.17) is 5.26 Å².